The van der Waals surface area contributed by atoms with Crippen LogP contribution in [0.25, 0.3) is 0 Å². The molecule has 0 aromatic heterocycles. The Balaban J connectivity index is 2.27. The summed E-state index contributed by atoms with van der Waals surface area (Å²) in [6.45, 7) is 5.86. The molecule has 0 N–H and O–H groups in total. The molecule has 0 aliphatic carbocycles. The van der Waals surface area contributed by atoms with E-state index in [0.29, 0.717) is 11.3 Å². The minimum Gasteiger partial charge on any atom is -0.423 e. The van der Waals surface area contributed by atoms with Crippen molar-refractivity contribution in [1.29, 1.82) is 0 Å². The highest BCUT2D eigenvalue weighted by Crippen LogP contribution is 2.22. The zero-order chi connectivity index (χ0) is 13.1. The van der Waals surface area contributed by atoms with Crippen LogP contribution in [0, 0.1) is 20.8 Å². The second-order valence-corrected chi connectivity index (χ2v) is 4.40. The third kappa shape index (κ3) is 2.43. The van der Waals surface area contributed by atoms with Crippen LogP contribution in [0.1, 0.15) is 27.0 Å². The third-order valence-corrected chi connectivity index (χ3v) is 3.12. The normalized spacial score (nSPS) is 10.2. The molecule has 0 heterocycles. The van der Waals surface area contributed by atoms with Crippen LogP contribution in [0.15, 0.2) is 42.5 Å². The van der Waals surface area contributed by atoms with E-state index in [1.807, 2.05) is 57.2 Å². The molecule has 2 rings (SSSR count). The lowest BCUT2D eigenvalue weighted by atomic mass is 10.1. The number of benzene rings is 2. The van der Waals surface area contributed by atoms with Gasteiger partial charge in [0.15, 0.2) is 0 Å². The van der Waals surface area contributed by atoms with Crippen molar-refractivity contribution in [2.75, 3.05) is 0 Å². The Hall–Kier alpha value is -2.09. The maximum Gasteiger partial charge on any atom is 0.343 e. The molecule has 0 spiro atoms. The standard InChI is InChI=1S/C16H16O2/c1-11-8-6-10-15(13(11)3)18-16(17)14-9-5-4-7-12(14)2/h4-10H,1-3H3. The molecule has 0 radical (unpaired) electrons. The van der Waals surface area contributed by atoms with E-state index in [0.717, 1.165) is 16.7 Å². The van der Waals surface area contributed by atoms with Gasteiger partial charge in [-0.25, -0.2) is 4.79 Å². The number of esters is 1. The predicted molar refractivity (Wildman–Crippen MR) is 72.1 cm³/mol. The molecule has 2 nitrogen and oxygen atoms in total. The Morgan fingerprint density at radius 1 is 0.889 bits per heavy atom. The van der Waals surface area contributed by atoms with E-state index in [-0.39, 0.29) is 5.97 Å². The highest BCUT2D eigenvalue weighted by atomic mass is 16.5. The summed E-state index contributed by atoms with van der Waals surface area (Å²) < 4.78 is 5.45. The van der Waals surface area contributed by atoms with Gasteiger partial charge in [0.2, 0.25) is 0 Å². The predicted octanol–water partition coefficient (Wildman–Crippen LogP) is 3.83. The number of hydrogen-bond donors (Lipinski definition) is 0. The van der Waals surface area contributed by atoms with Crippen molar-refractivity contribution < 1.29 is 9.53 Å². The van der Waals surface area contributed by atoms with E-state index < -0.39 is 0 Å². The van der Waals surface area contributed by atoms with Gasteiger partial charge in [0.05, 0.1) is 5.56 Å². The van der Waals surface area contributed by atoms with Gasteiger partial charge < -0.3 is 4.74 Å². The van der Waals surface area contributed by atoms with Gasteiger partial charge in [-0.1, -0.05) is 30.3 Å². The van der Waals surface area contributed by atoms with Crippen molar-refractivity contribution in [3.8, 4) is 5.75 Å². The fourth-order valence-corrected chi connectivity index (χ4v) is 1.79. The van der Waals surface area contributed by atoms with E-state index in [9.17, 15) is 4.79 Å². The summed E-state index contributed by atoms with van der Waals surface area (Å²) in [6, 6.07) is 13.1. The maximum absolute atomic E-state index is 12.1. The van der Waals surface area contributed by atoms with Gasteiger partial charge in [0.25, 0.3) is 0 Å². The monoisotopic (exact) mass is 240 g/mol. The third-order valence-electron chi connectivity index (χ3n) is 3.12. The molecule has 2 heteroatoms. The van der Waals surface area contributed by atoms with E-state index in [1.165, 1.54) is 0 Å². The zero-order valence-corrected chi connectivity index (χ0v) is 10.9. The first-order valence-corrected chi connectivity index (χ1v) is 5.93. The van der Waals surface area contributed by atoms with Gasteiger partial charge in [0, 0.05) is 0 Å². The van der Waals surface area contributed by atoms with E-state index >= 15 is 0 Å². The molecule has 0 amide bonds. The van der Waals surface area contributed by atoms with Crippen molar-refractivity contribution in [1.82, 2.24) is 0 Å². The van der Waals surface area contributed by atoms with Crippen LogP contribution in [0.3, 0.4) is 0 Å². The van der Waals surface area contributed by atoms with Crippen molar-refractivity contribution >= 4 is 5.97 Å². The Morgan fingerprint density at radius 2 is 1.56 bits per heavy atom. The first-order valence-electron chi connectivity index (χ1n) is 5.93. The maximum atomic E-state index is 12.1. The van der Waals surface area contributed by atoms with Crippen LogP contribution < -0.4 is 4.74 Å². The fraction of sp³-hybridized carbons (Fsp3) is 0.188. The molecule has 0 atom stereocenters. The van der Waals surface area contributed by atoms with Crippen LogP contribution in [0.5, 0.6) is 5.75 Å². The van der Waals surface area contributed by atoms with Crippen LogP contribution >= 0.6 is 0 Å². The second-order valence-electron chi connectivity index (χ2n) is 4.40. The van der Waals surface area contributed by atoms with Crippen LogP contribution in [0.2, 0.25) is 0 Å². The van der Waals surface area contributed by atoms with Gasteiger partial charge in [-0.3, -0.25) is 0 Å². The van der Waals surface area contributed by atoms with Gasteiger partial charge in [-0.2, -0.15) is 0 Å². The van der Waals surface area contributed by atoms with E-state index in [4.69, 9.17) is 4.74 Å². The quantitative estimate of drug-likeness (QED) is 0.589. The number of carbonyl (C=O) groups excluding carboxylic acids is 1. The smallest absolute Gasteiger partial charge is 0.343 e. The Labute approximate surface area is 107 Å². The SMILES string of the molecule is Cc1ccccc1C(=O)Oc1cccc(C)c1C. The van der Waals surface area contributed by atoms with Gasteiger partial charge in [-0.15, -0.1) is 0 Å². The minimum absolute atomic E-state index is 0.304. The van der Waals surface area contributed by atoms with Crippen molar-refractivity contribution in [2.45, 2.75) is 20.8 Å². The molecule has 2 aromatic carbocycles. The molecule has 2 aromatic rings. The summed E-state index contributed by atoms with van der Waals surface area (Å²) >= 11 is 0. The topological polar surface area (TPSA) is 26.3 Å². The molecule has 0 bridgehead atoms. The molecule has 0 aliphatic rings. The lowest BCUT2D eigenvalue weighted by Gasteiger charge is -2.10. The Morgan fingerprint density at radius 3 is 2.28 bits per heavy atom. The molecule has 0 aliphatic heterocycles. The minimum atomic E-state index is -0.304. The second kappa shape index (κ2) is 5.05. The molecule has 0 saturated carbocycles. The number of hydrogen-bond acceptors (Lipinski definition) is 2. The summed E-state index contributed by atoms with van der Waals surface area (Å²) in [6.07, 6.45) is 0. The Kier molecular flexibility index (Phi) is 3.47. The molecule has 0 fully saturated rings. The van der Waals surface area contributed by atoms with Crippen LogP contribution in [-0.2, 0) is 0 Å². The molecular formula is C16H16O2. The fourth-order valence-electron chi connectivity index (χ4n) is 1.79. The molecule has 92 valence electrons. The first kappa shape index (κ1) is 12.4. The number of aryl methyl sites for hydroxylation is 2. The molecular weight excluding hydrogens is 224 g/mol. The lowest BCUT2D eigenvalue weighted by Crippen LogP contribution is -2.11. The van der Waals surface area contributed by atoms with Crippen LogP contribution in [-0.4, -0.2) is 5.97 Å². The van der Waals surface area contributed by atoms with Gasteiger partial charge >= 0.3 is 5.97 Å². The van der Waals surface area contributed by atoms with E-state index in [1.54, 1.807) is 6.07 Å². The highest BCUT2D eigenvalue weighted by Gasteiger charge is 2.12. The zero-order valence-electron chi connectivity index (χ0n) is 10.9. The van der Waals surface area contributed by atoms with E-state index in [2.05, 4.69) is 0 Å². The highest BCUT2D eigenvalue weighted by molar-refractivity contribution is 5.92. The van der Waals surface area contributed by atoms with Crippen molar-refractivity contribution in [3.63, 3.8) is 0 Å². The number of rotatable bonds is 2. The average Bonchev–Trinajstić information content (AvgIpc) is 2.35. The number of ether oxygens (including phenoxy) is 1. The lowest BCUT2D eigenvalue weighted by molar-refractivity contribution is 0.0733. The van der Waals surface area contributed by atoms with Crippen molar-refractivity contribution in [3.05, 3.63) is 64.7 Å². The largest absolute Gasteiger partial charge is 0.423 e. The summed E-state index contributed by atoms with van der Waals surface area (Å²) in [4.78, 5) is 12.1. The summed E-state index contributed by atoms with van der Waals surface area (Å²) in [5.41, 5.74) is 3.65. The Bertz CT molecular complexity index is 585. The van der Waals surface area contributed by atoms with Crippen LogP contribution in [0.4, 0.5) is 0 Å². The average molecular weight is 240 g/mol. The summed E-state index contributed by atoms with van der Waals surface area (Å²) in [5.74, 6) is 0.324. The summed E-state index contributed by atoms with van der Waals surface area (Å²) in [5, 5.41) is 0. The summed E-state index contributed by atoms with van der Waals surface area (Å²) in [7, 11) is 0. The first-order chi connectivity index (χ1) is 8.59. The molecule has 0 saturated heterocycles. The molecule has 0 unspecified atom stereocenters. The molecule has 18 heavy (non-hydrogen) atoms. The number of carbonyl (C=O) groups is 1. The van der Waals surface area contributed by atoms with Gasteiger partial charge in [0.1, 0.15) is 5.75 Å². The van der Waals surface area contributed by atoms with Gasteiger partial charge in [-0.05, 0) is 49.6 Å². The van der Waals surface area contributed by atoms with Crippen molar-refractivity contribution in [2.24, 2.45) is 0 Å².